The Morgan fingerprint density at radius 3 is 0.947 bits per heavy atom. The predicted molar refractivity (Wildman–Crippen MR) is 363 cm³/mol. The summed E-state index contributed by atoms with van der Waals surface area (Å²) in [6.07, 6.45) is 3.31. The summed E-state index contributed by atoms with van der Waals surface area (Å²) < 4.78 is 22.2. The molecule has 4 atom stereocenters. The van der Waals surface area contributed by atoms with E-state index in [2.05, 4.69) is 41.2 Å². The van der Waals surface area contributed by atoms with E-state index in [-0.39, 0.29) is 159 Å². The van der Waals surface area contributed by atoms with Gasteiger partial charge in [0.25, 0.3) is 23.6 Å². The molecule has 0 fully saturated rings. The number of carbonyl (C=O) groups is 8. The van der Waals surface area contributed by atoms with Gasteiger partial charge >= 0.3 is 0 Å². The number of benzene rings is 4. The van der Waals surface area contributed by atoms with Crippen molar-refractivity contribution in [2.24, 2.45) is 77.3 Å². The number of Topliss-reactive ketones (excluding diaryl/α,β-unsaturated/α-hetero) is 4. The van der Waals surface area contributed by atoms with Crippen molar-refractivity contribution in [1.29, 1.82) is 0 Å². The molecule has 0 unspecified atom stereocenters. The molecule has 30 nitrogen and oxygen atoms in total. The van der Waals surface area contributed by atoms with E-state index in [9.17, 15) is 38.4 Å². The molecule has 0 aliphatic carbocycles. The van der Waals surface area contributed by atoms with E-state index in [0.717, 1.165) is 19.3 Å². The van der Waals surface area contributed by atoms with Crippen LogP contribution in [0.25, 0.3) is 0 Å². The number of aliphatic imine (C=N–C) groups is 4. The number of ether oxygens (including phenoxy) is 4. The zero-order valence-electron chi connectivity index (χ0n) is 54.5. The molecule has 95 heavy (non-hydrogen) atoms. The first-order chi connectivity index (χ1) is 45.4. The first-order valence-corrected chi connectivity index (χ1v) is 31.1. The minimum Gasteiger partial charge on any atom is -0.496 e. The van der Waals surface area contributed by atoms with Crippen LogP contribution >= 0.6 is 0 Å². The van der Waals surface area contributed by atoms with E-state index in [1.165, 1.54) is 64.8 Å². The van der Waals surface area contributed by atoms with Crippen LogP contribution in [-0.4, -0.2) is 162 Å². The molecule has 4 aromatic rings. The van der Waals surface area contributed by atoms with Crippen LogP contribution in [0.2, 0.25) is 0 Å². The fourth-order valence-electron chi connectivity index (χ4n) is 10.1. The van der Waals surface area contributed by atoms with Gasteiger partial charge in [-0.2, -0.15) is 0 Å². The lowest BCUT2D eigenvalue weighted by Gasteiger charge is -2.21. The Balaban J connectivity index is 1.60. The van der Waals surface area contributed by atoms with Crippen molar-refractivity contribution in [3.05, 3.63) is 117 Å². The molecule has 30 heteroatoms. The maximum absolute atomic E-state index is 14.5. The Labute approximate surface area is 552 Å². The second kappa shape index (κ2) is 40.6. The number of carbonyl (C=O) groups excluding carboxylic acids is 8. The number of ketones is 4. The van der Waals surface area contributed by atoms with Gasteiger partial charge in [0.1, 0.15) is 23.0 Å². The maximum Gasteiger partial charge on any atom is 0.255 e. The molecule has 24 N–H and O–H groups in total. The van der Waals surface area contributed by atoms with E-state index in [1.807, 2.05) is 0 Å². The van der Waals surface area contributed by atoms with Crippen molar-refractivity contribution >= 4 is 70.6 Å². The van der Waals surface area contributed by atoms with Gasteiger partial charge in [-0.3, -0.25) is 58.3 Å². The Hall–Kier alpha value is -10.4. The summed E-state index contributed by atoms with van der Waals surface area (Å²) in [6.45, 7) is 1.64. The quantitative estimate of drug-likeness (QED) is 0.0157. The van der Waals surface area contributed by atoms with Crippen molar-refractivity contribution in [2.75, 3.05) is 67.7 Å². The minimum atomic E-state index is -1.18. The number of methoxy groups -OCH3 is 4. The molecule has 0 aliphatic rings. The van der Waals surface area contributed by atoms with E-state index >= 15 is 0 Å². The number of nitrogens with one attached hydrogen (secondary N) is 4. The van der Waals surface area contributed by atoms with Crippen molar-refractivity contribution in [2.45, 2.75) is 120 Å². The zero-order valence-corrected chi connectivity index (χ0v) is 54.5. The van der Waals surface area contributed by atoms with Crippen LogP contribution in [0.15, 0.2) is 92.8 Å². The van der Waals surface area contributed by atoms with Crippen LogP contribution in [0, 0.1) is 0 Å². The molecule has 0 saturated heterocycles. The third kappa shape index (κ3) is 26.6. The Bertz CT molecular complexity index is 3390. The van der Waals surface area contributed by atoms with Gasteiger partial charge in [0, 0.05) is 58.4 Å². The lowest BCUT2D eigenvalue weighted by Crippen LogP contribution is -2.42. The molecule has 4 aromatic carbocycles. The maximum atomic E-state index is 14.5. The molecular weight excluding hydrogens is 1220 g/mol. The standard InChI is InChI=1S/C65H94N18O12/c1-92-54-20-17-39(30-42(54)58(88)76-25-7-5-6-24-66)35-51(85)47(13-9-27-78-63(70)71)82-60(90)44-32-41(19-22-56(44)94-3)37-53(87)49(15-11-29-80-65(74)75)83-61(91)45-33-40(18-23-57(45)95-4)36-52(86)48(14-10-28-79-64(72)73)81-59(89)43-31-38(16-21-55(43)93-2)34-50(84)46(67)12-8-26-77-62(68)69/h16-23,30-33,46-49H,5-15,24-29,34-37,66-67H2,1-4H3,(H,76,88)(H,81,89)(H,82,90)(H,83,91)(H4,68,69,77)(H4,70,71,78)(H4,72,73,79)(H4,74,75,80)/t46-,47-,48-,49-/m1/s1. The van der Waals surface area contributed by atoms with Crippen LogP contribution in [0.3, 0.4) is 0 Å². The van der Waals surface area contributed by atoms with E-state index < -0.39 is 59.2 Å². The van der Waals surface area contributed by atoms with E-state index in [4.69, 9.17) is 76.3 Å². The minimum absolute atomic E-state index is 0.0117. The van der Waals surface area contributed by atoms with Crippen LogP contribution < -0.4 is 97.6 Å². The van der Waals surface area contributed by atoms with Gasteiger partial charge in [-0.1, -0.05) is 30.7 Å². The molecule has 4 rings (SSSR count). The highest BCUT2D eigenvalue weighted by Gasteiger charge is 2.29. The fourth-order valence-corrected chi connectivity index (χ4v) is 10.1. The number of rotatable bonds is 44. The molecule has 0 saturated carbocycles. The highest BCUT2D eigenvalue weighted by atomic mass is 16.5. The molecule has 516 valence electrons. The Morgan fingerprint density at radius 1 is 0.379 bits per heavy atom. The zero-order chi connectivity index (χ0) is 70.0. The predicted octanol–water partition coefficient (Wildman–Crippen LogP) is -0.0363. The number of guanidine groups is 4. The van der Waals surface area contributed by atoms with Crippen LogP contribution in [0.5, 0.6) is 23.0 Å². The third-order valence-corrected chi connectivity index (χ3v) is 15.0. The molecule has 4 amide bonds. The summed E-state index contributed by atoms with van der Waals surface area (Å²) in [5.41, 5.74) is 58.0. The summed E-state index contributed by atoms with van der Waals surface area (Å²) in [6, 6.07) is 14.3. The number of hydrogen-bond acceptors (Lipinski definition) is 18. The van der Waals surface area contributed by atoms with E-state index in [0.29, 0.717) is 60.5 Å². The number of unbranched alkanes of at least 4 members (excludes halogenated alkanes) is 2. The number of amides is 4. The topological polar surface area (TPSA) is 531 Å². The van der Waals surface area contributed by atoms with Gasteiger partial charge in [0.15, 0.2) is 47.0 Å². The summed E-state index contributed by atoms with van der Waals surface area (Å²) >= 11 is 0. The SMILES string of the molecule is COc1ccc(CC(=O)[C@@H](CCCN=C(N)N)NC(=O)c2cc(CC(=O)[C@@H](CCCN=C(N)N)NC(=O)c3cc(CC(=O)[C@@H](CCCN=C(N)N)NC(=O)c4cc(CC(=O)[C@H](N)CCCN=C(N)N)ccc4OC)ccc3OC)ccc2OC)cc1C(=O)NCCCCCN. The average Bonchev–Trinajstić information content (AvgIpc) is 0.860. The smallest absolute Gasteiger partial charge is 0.255 e. The second-order valence-corrected chi connectivity index (χ2v) is 22.3. The van der Waals surface area contributed by atoms with Crippen LogP contribution in [0.1, 0.15) is 134 Å². The third-order valence-electron chi connectivity index (χ3n) is 15.0. The normalized spacial score (nSPS) is 12.0. The summed E-state index contributed by atoms with van der Waals surface area (Å²) in [4.78, 5) is 129. The number of nitrogens with two attached hydrogens (primary N) is 10. The molecule has 0 aliphatic heterocycles. The lowest BCUT2D eigenvalue weighted by molar-refractivity contribution is -0.121. The second-order valence-electron chi connectivity index (χ2n) is 22.3. The molecule has 0 heterocycles. The van der Waals surface area contributed by atoms with E-state index in [1.54, 1.807) is 36.4 Å². The first-order valence-electron chi connectivity index (χ1n) is 31.1. The Kier molecular flexibility index (Phi) is 32.9. The lowest BCUT2D eigenvalue weighted by atomic mass is 9.96. The van der Waals surface area contributed by atoms with Crippen molar-refractivity contribution in [1.82, 2.24) is 21.3 Å². The first kappa shape index (κ1) is 77.1. The monoisotopic (exact) mass is 1320 g/mol. The van der Waals surface area contributed by atoms with Crippen LogP contribution in [0.4, 0.5) is 0 Å². The highest BCUT2D eigenvalue weighted by Crippen LogP contribution is 2.27. The molecule has 0 radical (unpaired) electrons. The van der Waals surface area contributed by atoms with Crippen molar-refractivity contribution in [3.8, 4) is 23.0 Å². The summed E-state index contributed by atoms with van der Waals surface area (Å²) in [5.74, 6) is -4.02. The number of nitrogens with zero attached hydrogens (tertiary/aromatic N) is 4. The van der Waals surface area contributed by atoms with Crippen LogP contribution in [-0.2, 0) is 44.9 Å². The largest absolute Gasteiger partial charge is 0.496 e. The van der Waals surface area contributed by atoms with Crippen molar-refractivity contribution in [3.63, 3.8) is 0 Å². The average molecular weight is 1320 g/mol. The molecule has 0 spiro atoms. The van der Waals surface area contributed by atoms with Gasteiger partial charge in [-0.25, -0.2) is 0 Å². The van der Waals surface area contributed by atoms with Gasteiger partial charge in [0.05, 0.1) is 74.9 Å². The van der Waals surface area contributed by atoms with Gasteiger partial charge < -0.3 is 97.6 Å². The molecule has 0 bridgehead atoms. The van der Waals surface area contributed by atoms with Gasteiger partial charge in [-0.05, 0) is 142 Å². The fraction of sp³-hybridized carbons (Fsp3) is 0.446. The summed E-state index contributed by atoms with van der Waals surface area (Å²) in [5, 5.41) is 11.4. The molecule has 0 aromatic heterocycles. The highest BCUT2D eigenvalue weighted by molar-refractivity contribution is 6.04. The summed E-state index contributed by atoms with van der Waals surface area (Å²) in [7, 11) is 5.50. The van der Waals surface area contributed by atoms with Crippen molar-refractivity contribution < 1.29 is 57.3 Å². The van der Waals surface area contributed by atoms with Gasteiger partial charge in [0.2, 0.25) is 0 Å². The Morgan fingerprint density at radius 2 is 0.663 bits per heavy atom. The number of hydrogen-bond donors (Lipinski definition) is 14. The molecular formula is C65H94N18O12. The van der Waals surface area contributed by atoms with Gasteiger partial charge in [-0.15, -0.1) is 0 Å².